The third kappa shape index (κ3) is 3.21. The molecule has 0 spiro atoms. The van der Waals surface area contributed by atoms with E-state index in [-0.39, 0.29) is 0 Å². The summed E-state index contributed by atoms with van der Waals surface area (Å²) in [7, 11) is 0. The summed E-state index contributed by atoms with van der Waals surface area (Å²) in [5.41, 5.74) is 3.24. The van der Waals surface area contributed by atoms with Crippen LogP contribution in [0.1, 0.15) is 42.6 Å². The van der Waals surface area contributed by atoms with Gasteiger partial charge in [-0.1, -0.05) is 67.9 Å². The molecule has 1 N–H and O–H groups in total. The van der Waals surface area contributed by atoms with Gasteiger partial charge in [0, 0.05) is 0 Å². The van der Waals surface area contributed by atoms with Crippen molar-refractivity contribution in [3.63, 3.8) is 0 Å². The molecule has 0 saturated carbocycles. The predicted octanol–water partition coefficient (Wildman–Crippen LogP) is 4.11. The van der Waals surface area contributed by atoms with Gasteiger partial charge in [-0.15, -0.1) is 0 Å². The number of benzene rings is 2. The fraction of sp³-hybridized carbons (Fsp3) is 0.294. The minimum absolute atomic E-state index is 0.521. The molecular weight excluding hydrogens is 220 g/mol. The first kappa shape index (κ1) is 12.8. The summed E-state index contributed by atoms with van der Waals surface area (Å²) in [6.45, 7) is 2.20. The van der Waals surface area contributed by atoms with Gasteiger partial charge in [0.1, 0.15) is 6.10 Å². The lowest BCUT2D eigenvalue weighted by atomic mass is 9.98. The van der Waals surface area contributed by atoms with Crippen LogP contribution in [-0.2, 0) is 6.42 Å². The summed E-state index contributed by atoms with van der Waals surface area (Å²) in [6, 6.07) is 18.1. The van der Waals surface area contributed by atoms with Crippen molar-refractivity contribution in [3.05, 3.63) is 71.3 Å². The van der Waals surface area contributed by atoms with Crippen LogP contribution in [0.3, 0.4) is 0 Å². The zero-order valence-corrected chi connectivity index (χ0v) is 10.8. The smallest absolute Gasteiger partial charge is 0.104 e. The van der Waals surface area contributed by atoms with Crippen LogP contribution in [0.2, 0.25) is 0 Å². The number of hydrogen-bond acceptors (Lipinski definition) is 1. The van der Waals surface area contributed by atoms with E-state index < -0.39 is 6.10 Å². The van der Waals surface area contributed by atoms with Crippen LogP contribution in [0.15, 0.2) is 54.6 Å². The molecule has 18 heavy (non-hydrogen) atoms. The number of aliphatic hydroxyl groups excluding tert-OH is 1. The third-order valence-corrected chi connectivity index (χ3v) is 3.20. The van der Waals surface area contributed by atoms with Gasteiger partial charge in [-0.3, -0.25) is 0 Å². The first-order chi connectivity index (χ1) is 8.81. The van der Waals surface area contributed by atoms with Crippen LogP contribution in [0.25, 0.3) is 0 Å². The second-order valence-electron chi connectivity index (χ2n) is 4.66. The molecule has 94 valence electrons. The monoisotopic (exact) mass is 240 g/mol. The molecule has 1 atom stereocenters. The highest BCUT2D eigenvalue weighted by Crippen LogP contribution is 2.22. The second kappa shape index (κ2) is 6.36. The molecule has 0 heterocycles. The summed E-state index contributed by atoms with van der Waals surface area (Å²) in [5, 5.41) is 10.3. The SMILES string of the molecule is CCCCc1cccc(C(O)c2ccccc2)c1. The highest BCUT2D eigenvalue weighted by Gasteiger charge is 2.09. The van der Waals surface area contributed by atoms with Gasteiger partial charge >= 0.3 is 0 Å². The van der Waals surface area contributed by atoms with Crippen LogP contribution in [0, 0.1) is 0 Å². The third-order valence-electron chi connectivity index (χ3n) is 3.20. The molecule has 0 aliphatic heterocycles. The van der Waals surface area contributed by atoms with E-state index in [1.165, 1.54) is 18.4 Å². The molecule has 1 unspecified atom stereocenters. The Morgan fingerprint density at radius 1 is 0.944 bits per heavy atom. The fourth-order valence-corrected chi connectivity index (χ4v) is 2.13. The lowest BCUT2D eigenvalue weighted by Gasteiger charge is -2.12. The Balaban J connectivity index is 2.17. The quantitative estimate of drug-likeness (QED) is 0.833. The van der Waals surface area contributed by atoms with E-state index in [0.717, 1.165) is 17.5 Å². The van der Waals surface area contributed by atoms with Gasteiger partial charge in [-0.05, 0) is 29.5 Å². The highest BCUT2D eigenvalue weighted by molar-refractivity contribution is 5.32. The van der Waals surface area contributed by atoms with Crippen molar-refractivity contribution < 1.29 is 5.11 Å². The molecule has 2 aromatic carbocycles. The standard InChI is InChI=1S/C17H20O/c1-2-3-8-14-9-7-12-16(13-14)17(18)15-10-5-4-6-11-15/h4-7,9-13,17-18H,2-3,8H2,1H3. The Kier molecular flexibility index (Phi) is 4.54. The normalized spacial score (nSPS) is 12.3. The summed E-state index contributed by atoms with van der Waals surface area (Å²) >= 11 is 0. The molecule has 2 aromatic rings. The van der Waals surface area contributed by atoms with Gasteiger partial charge in [0.25, 0.3) is 0 Å². The molecule has 0 radical (unpaired) electrons. The molecule has 1 heteroatoms. The van der Waals surface area contributed by atoms with Gasteiger partial charge in [0.15, 0.2) is 0 Å². The number of rotatable bonds is 5. The van der Waals surface area contributed by atoms with Gasteiger partial charge in [-0.25, -0.2) is 0 Å². The lowest BCUT2D eigenvalue weighted by molar-refractivity contribution is 0.220. The minimum atomic E-state index is -0.521. The molecular formula is C17H20O. The van der Waals surface area contributed by atoms with Crippen LogP contribution >= 0.6 is 0 Å². The number of unbranched alkanes of at least 4 members (excludes halogenated alkanes) is 1. The summed E-state index contributed by atoms with van der Waals surface area (Å²) in [4.78, 5) is 0. The zero-order valence-electron chi connectivity index (χ0n) is 10.8. The molecule has 1 nitrogen and oxygen atoms in total. The minimum Gasteiger partial charge on any atom is -0.384 e. The number of aryl methyl sites for hydroxylation is 1. The Bertz CT molecular complexity index is 476. The van der Waals surface area contributed by atoms with E-state index in [2.05, 4.69) is 19.1 Å². The Labute approximate surface area is 109 Å². The Morgan fingerprint density at radius 2 is 1.67 bits per heavy atom. The largest absolute Gasteiger partial charge is 0.384 e. The molecule has 0 fully saturated rings. The van der Waals surface area contributed by atoms with E-state index in [1.807, 2.05) is 42.5 Å². The van der Waals surface area contributed by atoms with Gasteiger partial charge in [-0.2, -0.15) is 0 Å². The average molecular weight is 240 g/mol. The maximum absolute atomic E-state index is 10.3. The van der Waals surface area contributed by atoms with Crippen LogP contribution in [0.4, 0.5) is 0 Å². The van der Waals surface area contributed by atoms with Crippen LogP contribution in [0.5, 0.6) is 0 Å². The topological polar surface area (TPSA) is 20.2 Å². The molecule has 0 aliphatic rings. The zero-order chi connectivity index (χ0) is 12.8. The van der Waals surface area contributed by atoms with E-state index in [4.69, 9.17) is 0 Å². The van der Waals surface area contributed by atoms with Crippen LogP contribution < -0.4 is 0 Å². The molecule has 0 amide bonds. The van der Waals surface area contributed by atoms with Gasteiger partial charge in [0.05, 0.1) is 0 Å². The Hall–Kier alpha value is -1.60. The summed E-state index contributed by atoms with van der Waals surface area (Å²) in [5.74, 6) is 0. The first-order valence-corrected chi connectivity index (χ1v) is 6.63. The molecule has 0 bridgehead atoms. The predicted molar refractivity (Wildman–Crippen MR) is 75.6 cm³/mol. The maximum atomic E-state index is 10.3. The number of hydrogen-bond donors (Lipinski definition) is 1. The average Bonchev–Trinajstić information content (AvgIpc) is 2.45. The van der Waals surface area contributed by atoms with E-state index >= 15 is 0 Å². The second-order valence-corrected chi connectivity index (χ2v) is 4.66. The Morgan fingerprint density at radius 3 is 2.39 bits per heavy atom. The molecule has 0 aromatic heterocycles. The summed E-state index contributed by atoms with van der Waals surface area (Å²) in [6.07, 6.45) is 2.97. The highest BCUT2D eigenvalue weighted by atomic mass is 16.3. The van der Waals surface area contributed by atoms with Crippen molar-refractivity contribution >= 4 is 0 Å². The van der Waals surface area contributed by atoms with Crippen molar-refractivity contribution in [3.8, 4) is 0 Å². The van der Waals surface area contributed by atoms with E-state index in [9.17, 15) is 5.11 Å². The summed E-state index contributed by atoms with van der Waals surface area (Å²) < 4.78 is 0. The fourth-order valence-electron chi connectivity index (χ4n) is 2.13. The lowest BCUT2D eigenvalue weighted by Crippen LogP contribution is -2.00. The van der Waals surface area contributed by atoms with Crippen molar-refractivity contribution in [2.75, 3.05) is 0 Å². The van der Waals surface area contributed by atoms with Crippen molar-refractivity contribution in [2.45, 2.75) is 32.3 Å². The van der Waals surface area contributed by atoms with Crippen molar-refractivity contribution in [1.82, 2.24) is 0 Å². The molecule has 0 saturated heterocycles. The van der Waals surface area contributed by atoms with Gasteiger partial charge < -0.3 is 5.11 Å². The van der Waals surface area contributed by atoms with Gasteiger partial charge in [0.2, 0.25) is 0 Å². The van der Waals surface area contributed by atoms with E-state index in [1.54, 1.807) is 0 Å². The van der Waals surface area contributed by atoms with Crippen molar-refractivity contribution in [2.24, 2.45) is 0 Å². The van der Waals surface area contributed by atoms with Crippen LogP contribution in [-0.4, -0.2) is 5.11 Å². The first-order valence-electron chi connectivity index (χ1n) is 6.63. The van der Waals surface area contributed by atoms with Crippen molar-refractivity contribution in [1.29, 1.82) is 0 Å². The van der Waals surface area contributed by atoms with E-state index in [0.29, 0.717) is 0 Å². The molecule has 2 rings (SSSR count). The number of aliphatic hydroxyl groups is 1. The maximum Gasteiger partial charge on any atom is 0.104 e. The molecule has 0 aliphatic carbocycles.